The molecule has 0 rings (SSSR count). The van der Waals surface area contributed by atoms with Crippen molar-refractivity contribution in [3.8, 4) is 0 Å². The number of esters is 4. The number of aliphatic hydroxyl groups is 1. The normalized spacial score (nSPS) is 14.0. The number of hydrogen-bond donors (Lipinski definition) is 3. The van der Waals surface area contributed by atoms with E-state index in [2.05, 4.69) is 41.5 Å². The fourth-order valence-electron chi connectivity index (χ4n) is 14.4. The van der Waals surface area contributed by atoms with Gasteiger partial charge in [-0.25, -0.2) is 9.13 Å². The lowest BCUT2D eigenvalue weighted by Crippen LogP contribution is -2.30. The minimum atomic E-state index is -4.97. The Labute approximate surface area is 683 Å². The molecule has 0 aromatic heterocycles. The number of hydrogen-bond acceptors (Lipinski definition) is 15. The summed E-state index contributed by atoms with van der Waals surface area (Å²) in [5.74, 6) is -0.427. The van der Waals surface area contributed by atoms with Gasteiger partial charge in [-0.15, -0.1) is 0 Å². The molecule has 0 amide bonds. The van der Waals surface area contributed by atoms with Gasteiger partial charge in [0, 0.05) is 25.7 Å². The summed E-state index contributed by atoms with van der Waals surface area (Å²) in [6.45, 7) is 9.80. The van der Waals surface area contributed by atoms with E-state index in [0.717, 1.165) is 102 Å². The molecule has 3 N–H and O–H groups in total. The van der Waals surface area contributed by atoms with Crippen LogP contribution in [0.1, 0.15) is 497 Å². The summed E-state index contributed by atoms with van der Waals surface area (Å²) in [5.41, 5.74) is 0. The first kappa shape index (κ1) is 109. The van der Waals surface area contributed by atoms with Crippen LogP contribution in [-0.2, 0) is 65.4 Å². The van der Waals surface area contributed by atoms with E-state index in [1.165, 1.54) is 315 Å². The van der Waals surface area contributed by atoms with Crippen molar-refractivity contribution >= 4 is 39.5 Å². The molecular formula is C92H180O17P2. The second kappa shape index (κ2) is 83.1. The highest BCUT2D eigenvalue weighted by Gasteiger charge is 2.31. The van der Waals surface area contributed by atoms with E-state index in [1.54, 1.807) is 0 Å². The average Bonchev–Trinajstić information content (AvgIpc) is 0.900. The first-order valence-electron chi connectivity index (χ1n) is 47.5. The highest BCUT2D eigenvalue weighted by Crippen LogP contribution is 2.45. The van der Waals surface area contributed by atoms with Crippen molar-refractivity contribution in [3.05, 3.63) is 0 Å². The third-order valence-electron chi connectivity index (χ3n) is 22.1. The fraction of sp³-hybridized carbons (Fsp3) is 0.957. The van der Waals surface area contributed by atoms with Crippen molar-refractivity contribution in [2.24, 2.45) is 11.8 Å². The van der Waals surface area contributed by atoms with Gasteiger partial charge in [0.05, 0.1) is 26.4 Å². The number of phosphoric ester groups is 2. The number of phosphoric acid groups is 2. The smallest absolute Gasteiger partial charge is 0.462 e. The largest absolute Gasteiger partial charge is 0.472 e. The molecular weight excluding hydrogens is 1440 g/mol. The van der Waals surface area contributed by atoms with Crippen LogP contribution < -0.4 is 0 Å². The minimum Gasteiger partial charge on any atom is -0.462 e. The van der Waals surface area contributed by atoms with Crippen LogP contribution in [-0.4, -0.2) is 96.7 Å². The molecule has 0 heterocycles. The first-order chi connectivity index (χ1) is 53.9. The number of unbranched alkanes of at least 4 members (excludes halogenated alkanes) is 60. The zero-order valence-electron chi connectivity index (χ0n) is 73.3. The predicted molar refractivity (Wildman–Crippen MR) is 460 cm³/mol. The molecule has 0 saturated heterocycles. The molecule has 0 bridgehead atoms. The molecule has 17 nitrogen and oxygen atoms in total. The van der Waals surface area contributed by atoms with Gasteiger partial charge in [0.15, 0.2) is 12.2 Å². The molecule has 0 aliphatic carbocycles. The van der Waals surface area contributed by atoms with Gasteiger partial charge in [0.25, 0.3) is 0 Å². The van der Waals surface area contributed by atoms with Crippen molar-refractivity contribution < 1.29 is 80.2 Å². The Morgan fingerprint density at radius 3 is 0.685 bits per heavy atom. The van der Waals surface area contributed by atoms with E-state index in [1.807, 2.05) is 0 Å². The number of ether oxygens (including phenoxy) is 4. The molecule has 111 heavy (non-hydrogen) atoms. The molecule has 0 aliphatic rings. The molecule has 0 spiro atoms. The fourth-order valence-corrected chi connectivity index (χ4v) is 16.0. The zero-order chi connectivity index (χ0) is 81.3. The average molecular weight is 1620 g/mol. The van der Waals surface area contributed by atoms with Gasteiger partial charge in [-0.1, -0.05) is 446 Å². The van der Waals surface area contributed by atoms with E-state index >= 15 is 0 Å². The van der Waals surface area contributed by atoms with Gasteiger partial charge >= 0.3 is 39.5 Å². The molecule has 0 radical (unpaired) electrons. The molecule has 0 saturated carbocycles. The molecule has 6 atom stereocenters. The zero-order valence-corrected chi connectivity index (χ0v) is 75.1. The maximum Gasteiger partial charge on any atom is 0.472 e. The van der Waals surface area contributed by atoms with Crippen molar-refractivity contribution in [3.63, 3.8) is 0 Å². The van der Waals surface area contributed by atoms with Gasteiger partial charge < -0.3 is 33.8 Å². The standard InChI is InChI=1S/C92H180O17P2/c1-7-10-12-14-16-18-20-22-23-24-25-26-30-33-39-45-51-57-63-69-75-90(95)103-81-88(109-91(96)76-70-64-58-52-46-40-34-31-28-27-29-32-37-42-48-54-60-66-72-84(4)5)83-107-111(100,101)105-79-86(93)78-104-110(98,99)106-82-87(80-102-89(94)74-68-62-56-50-44-21-19-17-15-13-11-8-2)108-92(97)77-71-65-59-53-47-41-36-35-38-43-49-55-61-67-73-85(6)9-3/h84-88,93H,7-83H2,1-6H3,(H,98,99)(H,100,101)/t85?,86-,87+,88+/m0/s1. The van der Waals surface area contributed by atoms with Crippen LogP contribution >= 0.6 is 15.6 Å². The van der Waals surface area contributed by atoms with Gasteiger partial charge in [-0.2, -0.15) is 0 Å². The van der Waals surface area contributed by atoms with Crippen molar-refractivity contribution in [1.29, 1.82) is 0 Å². The second-order valence-electron chi connectivity index (χ2n) is 33.8. The number of carbonyl (C=O) groups is 4. The van der Waals surface area contributed by atoms with Crippen LogP contribution in [0, 0.1) is 11.8 Å². The topological polar surface area (TPSA) is 237 Å². The summed E-state index contributed by atoms with van der Waals surface area (Å²) in [4.78, 5) is 73.5. The quantitative estimate of drug-likeness (QED) is 0.0222. The number of aliphatic hydroxyl groups excluding tert-OH is 1. The van der Waals surface area contributed by atoms with Crippen LogP contribution in [0.25, 0.3) is 0 Å². The summed E-state index contributed by atoms with van der Waals surface area (Å²) in [6.07, 6.45) is 77.7. The maximum absolute atomic E-state index is 13.2. The molecule has 660 valence electrons. The van der Waals surface area contributed by atoms with Crippen LogP contribution in [0.2, 0.25) is 0 Å². The summed E-state index contributed by atoms with van der Waals surface area (Å²) in [7, 11) is -9.94. The van der Waals surface area contributed by atoms with Crippen LogP contribution in [0.15, 0.2) is 0 Å². The van der Waals surface area contributed by atoms with Gasteiger partial charge in [0.2, 0.25) is 0 Å². The number of carbonyl (C=O) groups excluding carboxylic acids is 4. The van der Waals surface area contributed by atoms with Crippen LogP contribution in [0.3, 0.4) is 0 Å². The van der Waals surface area contributed by atoms with Gasteiger partial charge in [-0.05, 0) is 37.5 Å². The molecule has 0 aromatic carbocycles. The summed E-state index contributed by atoms with van der Waals surface area (Å²) in [6, 6.07) is 0. The summed E-state index contributed by atoms with van der Waals surface area (Å²) in [5, 5.41) is 10.7. The van der Waals surface area contributed by atoms with E-state index in [-0.39, 0.29) is 25.7 Å². The lowest BCUT2D eigenvalue weighted by Gasteiger charge is -2.21. The highest BCUT2D eigenvalue weighted by atomic mass is 31.2. The molecule has 0 aromatic rings. The SMILES string of the molecule is CCCCCCCCCCCCCCCCCCCCCCC(=O)OC[C@H](COP(=O)(O)OC[C@@H](O)COP(=O)(O)OC[C@@H](COC(=O)CCCCCCCCCCCCCC)OC(=O)CCCCCCCCCCCCCCCCC(C)CC)OC(=O)CCCCCCCCCCCCCCCCCCCCC(C)C. The molecule has 0 fully saturated rings. The van der Waals surface area contributed by atoms with Crippen LogP contribution in [0.4, 0.5) is 0 Å². The molecule has 3 unspecified atom stereocenters. The Morgan fingerprint density at radius 1 is 0.261 bits per heavy atom. The lowest BCUT2D eigenvalue weighted by atomic mass is 9.99. The van der Waals surface area contributed by atoms with E-state index < -0.39 is 97.5 Å². The molecule has 0 aliphatic heterocycles. The summed E-state index contributed by atoms with van der Waals surface area (Å²) >= 11 is 0. The number of rotatable bonds is 91. The minimum absolute atomic E-state index is 0.108. The lowest BCUT2D eigenvalue weighted by molar-refractivity contribution is -0.161. The Morgan fingerprint density at radius 2 is 0.459 bits per heavy atom. The van der Waals surface area contributed by atoms with Gasteiger partial charge in [-0.3, -0.25) is 37.3 Å². The Bertz CT molecular complexity index is 2120. The third-order valence-corrected chi connectivity index (χ3v) is 24.0. The van der Waals surface area contributed by atoms with Crippen molar-refractivity contribution in [2.75, 3.05) is 39.6 Å². The Hall–Kier alpha value is -1.94. The molecule has 19 heteroatoms. The first-order valence-corrected chi connectivity index (χ1v) is 50.5. The van der Waals surface area contributed by atoms with Crippen molar-refractivity contribution in [1.82, 2.24) is 0 Å². The highest BCUT2D eigenvalue weighted by molar-refractivity contribution is 7.47. The second-order valence-corrected chi connectivity index (χ2v) is 36.7. The van der Waals surface area contributed by atoms with Crippen LogP contribution in [0.5, 0.6) is 0 Å². The van der Waals surface area contributed by atoms with E-state index in [4.69, 9.17) is 37.0 Å². The maximum atomic E-state index is 13.2. The van der Waals surface area contributed by atoms with Crippen molar-refractivity contribution in [2.45, 2.75) is 516 Å². The Balaban J connectivity index is 5.25. The van der Waals surface area contributed by atoms with Gasteiger partial charge in [0.1, 0.15) is 19.3 Å². The Kier molecular flexibility index (Phi) is 81.7. The van der Waals surface area contributed by atoms with E-state index in [0.29, 0.717) is 25.7 Å². The third kappa shape index (κ3) is 84.3. The van der Waals surface area contributed by atoms with E-state index in [9.17, 15) is 43.2 Å². The predicted octanol–water partition coefficient (Wildman–Crippen LogP) is 28.6. The monoisotopic (exact) mass is 1620 g/mol. The summed E-state index contributed by atoms with van der Waals surface area (Å²) < 4.78 is 69.1.